The van der Waals surface area contributed by atoms with Gasteiger partial charge in [0.25, 0.3) is 0 Å². The van der Waals surface area contributed by atoms with Crippen LogP contribution in [0.4, 0.5) is 0 Å². The molecule has 0 aliphatic rings. The predicted octanol–water partition coefficient (Wildman–Crippen LogP) is 2.52. The van der Waals surface area contributed by atoms with Crippen LogP contribution in [0.3, 0.4) is 0 Å². The topological polar surface area (TPSA) is 55.2 Å². The van der Waals surface area contributed by atoms with Crippen LogP contribution in [0, 0.1) is 0 Å². The Morgan fingerprint density at radius 3 is 2.89 bits per heavy atom. The number of halogens is 1. The number of aliphatic hydroxyl groups excluding tert-OH is 1. The summed E-state index contributed by atoms with van der Waals surface area (Å²) in [6.45, 7) is 0. The molecule has 1 unspecified atom stereocenters. The van der Waals surface area contributed by atoms with E-state index in [1.807, 2.05) is 18.2 Å². The van der Waals surface area contributed by atoms with Crippen LogP contribution in [0.15, 0.2) is 41.3 Å². The maximum Gasteiger partial charge on any atom is 0.122 e. The van der Waals surface area contributed by atoms with Crippen molar-refractivity contribution in [2.75, 3.05) is 7.11 Å². The predicted molar refractivity (Wildman–Crippen MR) is 71.4 cm³/mol. The van der Waals surface area contributed by atoms with E-state index in [2.05, 4.69) is 25.9 Å². The summed E-state index contributed by atoms with van der Waals surface area (Å²) in [5, 5.41) is 10.1. The van der Waals surface area contributed by atoms with Crippen LogP contribution in [0.1, 0.15) is 17.4 Å². The minimum Gasteiger partial charge on any atom is -0.496 e. The van der Waals surface area contributed by atoms with Crippen molar-refractivity contribution < 1.29 is 9.84 Å². The first-order chi connectivity index (χ1) is 8.70. The number of methoxy groups -OCH3 is 1. The van der Waals surface area contributed by atoms with Gasteiger partial charge in [-0.3, -0.25) is 9.97 Å². The van der Waals surface area contributed by atoms with Gasteiger partial charge < -0.3 is 9.84 Å². The lowest BCUT2D eigenvalue weighted by molar-refractivity contribution is 0.172. The van der Waals surface area contributed by atoms with Gasteiger partial charge in [-0.1, -0.05) is 15.9 Å². The fourth-order valence-electron chi connectivity index (χ4n) is 1.70. The van der Waals surface area contributed by atoms with Gasteiger partial charge >= 0.3 is 0 Å². The van der Waals surface area contributed by atoms with E-state index in [0.29, 0.717) is 12.1 Å². The summed E-state index contributed by atoms with van der Waals surface area (Å²) in [4.78, 5) is 8.03. The summed E-state index contributed by atoms with van der Waals surface area (Å²) in [7, 11) is 1.61. The third kappa shape index (κ3) is 3.05. The largest absolute Gasteiger partial charge is 0.496 e. The summed E-state index contributed by atoms with van der Waals surface area (Å²) in [5.41, 5.74) is 1.48. The van der Waals surface area contributed by atoms with Gasteiger partial charge in [0.1, 0.15) is 11.9 Å². The molecular formula is C13H13BrN2O2. The van der Waals surface area contributed by atoms with Crippen LogP contribution >= 0.6 is 15.9 Å². The number of hydrogen-bond acceptors (Lipinski definition) is 4. The molecule has 0 bridgehead atoms. The maximum absolute atomic E-state index is 10.1. The molecule has 5 heteroatoms. The van der Waals surface area contributed by atoms with Crippen molar-refractivity contribution in [1.29, 1.82) is 0 Å². The number of aromatic nitrogens is 2. The Morgan fingerprint density at radius 1 is 1.39 bits per heavy atom. The molecule has 1 aromatic carbocycles. The van der Waals surface area contributed by atoms with Crippen LogP contribution in [-0.2, 0) is 6.42 Å². The van der Waals surface area contributed by atoms with Crippen LogP contribution < -0.4 is 4.74 Å². The first-order valence-corrected chi connectivity index (χ1v) is 6.26. The van der Waals surface area contributed by atoms with Crippen molar-refractivity contribution in [2.24, 2.45) is 0 Å². The Hall–Kier alpha value is -1.46. The van der Waals surface area contributed by atoms with E-state index in [1.54, 1.807) is 25.7 Å². The highest BCUT2D eigenvalue weighted by molar-refractivity contribution is 9.10. The van der Waals surface area contributed by atoms with Gasteiger partial charge in [-0.25, -0.2) is 0 Å². The Bertz CT molecular complexity index is 520. The molecule has 1 heterocycles. The number of ether oxygens (including phenoxy) is 1. The molecule has 0 aliphatic heterocycles. The lowest BCUT2D eigenvalue weighted by Gasteiger charge is -2.13. The van der Waals surface area contributed by atoms with Crippen molar-refractivity contribution in [1.82, 2.24) is 9.97 Å². The van der Waals surface area contributed by atoms with E-state index in [0.717, 1.165) is 15.8 Å². The van der Waals surface area contributed by atoms with E-state index in [-0.39, 0.29) is 0 Å². The Kier molecular flexibility index (Phi) is 4.28. The van der Waals surface area contributed by atoms with Gasteiger partial charge in [0, 0.05) is 23.3 Å². The summed E-state index contributed by atoms with van der Waals surface area (Å²) < 4.78 is 6.22. The average molecular weight is 309 g/mol. The lowest BCUT2D eigenvalue weighted by Crippen LogP contribution is -2.05. The molecule has 1 atom stereocenters. The highest BCUT2D eigenvalue weighted by Crippen LogP contribution is 2.27. The molecule has 0 saturated heterocycles. The summed E-state index contributed by atoms with van der Waals surface area (Å²) in [6, 6.07) is 5.69. The molecular weight excluding hydrogens is 296 g/mol. The van der Waals surface area contributed by atoms with E-state index in [1.165, 1.54) is 0 Å². The van der Waals surface area contributed by atoms with Gasteiger partial charge in [-0.15, -0.1) is 0 Å². The first-order valence-electron chi connectivity index (χ1n) is 5.47. The number of hydrogen-bond donors (Lipinski definition) is 1. The van der Waals surface area contributed by atoms with Crippen molar-refractivity contribution in [3.63, 3.8) is 0 Å². The first kappa shape index (κ1) is 13.0. The SMILES string of the molecule is COc1ccc(Br)cc1CC(O)c1cnccn1. The van der Waals surface area contributed by atoms with Crippen LogP contribution in [0.25, 0.3) is 0 Å². The highest BCUT2D eigenvalue weighted by atomic mass is 79.9. The van der Waals surface area contributed by atoms with Crippen LogP contribution in [0.2, 0.25) is 0 Å². The number of aliphatic hydroxyl groups is 1. The molecule has 1 N–H and O–H groups in total. The zero-order valence-electron chi connectivity index (χ0n) is 9.88. The third-order valence-electron chi connectivity index (χ3n) is 2.58. The van der Waals surface area contributed by atoms with Crippen molar-refractivity contribution in [3.05, 3.63) is 52.5 Å². The lowest BCUT2D eigenvalue weighted by atomic mass is 10.0. The molecule has 0 aliphatic carbocycles. The highest BCUT2D eigenvalue weighted by Gasteiger charge is 2.13. The molecule has 2 rings (SSSR count). The van der Waals surface area contributed by atoms with Crippen LogP contribution in [0.5, 0.6) is 5.75 Å². The normalized spacial score (nSPS) is 12.2. The molecule has 4 nitrogen and oxygen atoms in total. The Labute approximate surface area is 114 Å². The van der Waals surface area contributed by atoms with E-state index in [9.17, 15) is 5.11 Å². The average Bonchev–Trinajstić information content (AvgIpc) is 2.40. The molecule has 0 fully saturated rings. The molecule has 1 aromatic heterocycles. The minimum absolute atomic E-state index is 0.432. The van der Waals surface area contributed by atoms with Crippen LogP contribution in [-0.4, -0.2) is 22.2 Å². The summed E-state index contributed by atoms with van der Waals surface area (Å²) in [5.74, 6) is 0.751. The fourth-order valence-corrected chi connectivity index (χ4v) is 2.11. The monoisotopic (exact) mass is 308 g/mol. The van der Waals surface area contributed by atoms with Gasteiger partial charge in [0.15, 0.2) is 0 Å². The third-order valence-corrected chi connectivity index (χ3v) is 3.07. The van der Waals surface area contributed by atoms with Crippen molar-refractivity contribution in [3.8, 4) is 5.75 Å². The van der Waals surface area contributed by atoms with E-state index >= 15 is 0 Å². The molecule has 2 aromatic rings. The maximum atomic E-state index is 10.1. The number of rotatable bonds is 4. The summed E-state index contributed by atoms with van der Waals surface area (Å²) >= 11 is 3.41. The fraction of sp³-hybridized carbons (Fsp3) is 0.231. The summed E-state index contributed by atoms with van der Waals surface area (Å²) in [6.07, 6.45) is 4.45. The van der Waals surface area contributed by atoms with E-state index < -0.39 is 6.10 Å². The smallest absolute Gasteiger partial charge is 0.122 e. The Morgan fingerprint density at radius 2 is 2.22 bits per heavy atom. The zero-order valence-corrected chi connectivity index (χ0v) is 11.5. The Balaban J connectivity index is 2.21. The molecule has 0 radical (unpaired) electrons. The molecule has 0 amide bonds. The molecule has 0 spiro atoms. The van der Waals surface area contributed by atoms with Gasteiger partial charge in [-0.05, 0) is 23.8 Å². The molecule has 18 heavy (non-hydrogen) atoms. The number of nitrogens with zero attached hydrogens (tertiary/aromatic N) is 2. The standard InChI is InChI=1S/C13H13BrN2O2/c1-18-13-3-2-10(14)6-9(13)7-12(17)11-8-15-4-5-16-11/h2-6,8,12,17H,7H2,1H3. The van der Waals surface area contributed by atoms with Gasteiger partial charge in [-0.2, -0.15) is 0 Å². The second kappa shape index (κ2) is 5.93. The van der Waals surface area contributed by atoms with Crippen molar-refractivity contribution in [2.45, 2.75) is 12.5 Å². The van der Waals surface area contributed by atoms with Gasteiger partial charge in [0.05, 0.1) is 19.0 Å². The van der Waals surface area contributed by atoms with E-state index in [4.69, 9.17) is 4.74 Å². The quantitative estimate of drug-likeness (QED) is 0.943. The van der Waals surface area contributed by atoms with Crippen molar-refractivity contribution >= 4 is 15.9 Å². The zero-order chi connectivity index (χ0) is 13.0. The van der Waals surface area contributed by atoms with Gasteiger partial charge in [0.2, 0.25) is 0 Å². The second-order valence-electron chi connectivity index (χ2n) is 3.81. The molecule has 0 saturated carbocycles. The second-order valence-corrected chi connectivity index (χ2v) is 4.72. The number of benzene rings is 1. The molecule has 94 valence electrons. The minimum atomic E-state index is -0.693.